The van der Waals surface area contributed by atoms with Crippen molar-refractivity contribution in [3.05, 3.63) is 51.2 Å². The van der Waals surface area contributed by atoms with Crippen molar-refractivity contribution in [2.24, 2.45) is 5.92 Å². The van der Waals surface area contributed by atoms with Crippen molar-refractivity contribution in [3.8, 4) is 0 Å². The first-order valence-electron chi connectivity index (χ1n) is 10.0. The third-order valence-electron chi connectivity index (χ3n) is 6.04. The molecule has 4 nitrogen and oxygen atoms in total. The second-order valence-electron chi connectivity index (χ2n) is 7.92. The summed E-state index contributed by atoms with van der Waals surface area (Å²) in [6, 6.07) is 10.3. The Kier molecular flexibility index (Phi) is 4.27. The average Bonchev–Trinajstić information content (AvgIpc) is 3.08. The number of hydrogen-bond acceptors (Lipinski definition) is 3. The van der Waals surface area contributed by atoms with Crippen LogP contribution in [0.2, 0.25) is 0 Å². The summed E-state index contributed by atoms with van der Waals surface area (Å²) in [4.78, 5) is 29.2. The molecule has 1 aliphatic heterocycles. The molecule has 1 aromatic carbocycles. The number of thiophene rings is 1. The van der Waals surface area contributed by atoms with Crippen molar-refractivity contribution in [3.63, 3.8) is 0 Å². The van der Waals surface area contributed by atoms with Crippen molar-refractivity contribution in [2.45, 2.75) is 51.0 Å². The van der Waals surface area contributed by atoms with Gasteiger partial charge in [0.05, 0.1) is 10.9 Å². The molecule has 2 aromatic rings. The Morgan fingerprint density at radius 2 is 1.93 bits per heavy atom. The number of aryl methyl sites for hydroxylation is 1. The number of nitrogens with one attached hydrogen (secondary N) is 1. The van der Waals surface area contributed by atoms with Crippen molar-refractivity contribution < 1.29 is 9.59 Å². The van der Waals surface area contributed by atoms with Crippen LogP contribution in [0.1, 0.15) is 63.8 Å². The predicted molar refractivity (Wildman–Crippen MR) is 107 cm³/mol. The minimum atomic E-state index is -0.0374. The molecule has 5 heteroatoms. The lowest BCUT2D eigenvalue weighted by Crippen LogP contribution is -2.31. The molecule has 2 amide bonds. The Morgan fingerprint density at radius 3 is 2.78 bits per heavy atom. The molecule has 1 aromatic heterocycles. The van der Waals surface area contributed by atoms with Crippen LogP contribution in [0, 0.1) is 5.92 Å². The molecule has 2 fully saturated rings. The van der Waals surface area contributed by atoms with Crippen LogP contribution >= 0.6 is 11.3 Å². The summed E-state index contributed by atoms with van der Waals surface area (Å²) in [5.74, 6) is 0.537. The van der Waals surface area contributed by atoms with Gasteiger partial charge >= 0.3 is 0 Å². The fraction of sp³-hybridized carbons (Fsp3) is 0.455. The number of nitrogens with zero attached hydrogens (tertiary/aromatic N) is 1. The number of likely N-dealkylation sites (tertiary alicyclic amines) is 1. The first kappa shape index (κ1) is 17.0. The van der Waals surface area contributed by atoms with Gasteiger partial charge in [0, 0.05) is 23.0 Å². The molecule has 0 bridgehead atoms. The van der Waals surface area contributed by atoms with E-state index in [4.69, 9.17) is 0 Å². The highest BCUT2D eigenvalue weighted by atomic mass is 32.1. The summed E-state index contributed by atoms with van der Waals surface area (Å²) < 4.78 is 0. The molecule has 1 N–H and O–H groups in total. The lowest BCUT2D eigenvalue weighted by Gasteiger charge is -2.23. The van der Waals surface area contributed by atoms with E-state index in [9.17, 15) is 9.59 Å². The zero-order chi connectivity index (χ0) is 18.4. The number of benzene rings is 1. The molecule has 140 valence electrons. The zero-order valence-corrected chi connectivity index (χ0v) is 16.2. The maximum absolute atomic E-state index is 12.8. The lowest BCUT2D eigenvalue weighted by molar-refractivity contribution is -0.133. The maximum Gasteiger partial charge on any atom is 0.265 e. The van der Waals surface area contributed by atoms with E-state index < -0.39 is 0 Å². The number of amides is 2. The molecule has 1 saturated carbocycles. The number of anilines is 1. The summed E-state index contributed by atoms with van der Waals surface area (Å²) in [6.07, 6.45) is 7.46. The van der Waals surface area contributed by atoms with Gasteiger partial charge < -0.3 is 10.2 Å². The molecular formula is C22H24N2O2S. The van der Waals surface area contributed by atoms with Crippen LogP contribution in [0.25, 0.3) is 0 Å². The van der Waals surface area contributed by atoms with Crippen molar-refractivity contribution in [2.75, 3.05) is 11.9 Å². The summed E-state index contributed by atoms with van der Waals surface area (Å²) >= 11 is 1.54. The van der Waals surface area contributed by atoms with E-state index in [1.165, 1.54) is 22.5 Å². The zero-order valence-electron chi connectivity index (χ0n) is 15.4. The van der Waals surface area contributed by atoms with Crippen LogP contribution < -0.4 is 5.32 Å². The Morgan fingerprint density at radius 1 is 1.04 bits per heavy atom. The number of carbonyl (C=O) groups excluding carboxylic acids is 2. The third-order valence-corrected chi connectivity index (χ3v) is 7.22. The summed E-state index contributed by atoms with van der Waals surface area (Å²) in [5, 5.41) is 3.12. The van der Waals surface area contributed by atoms with E-state index in [0.29, 0.717) is 5.91 Å². The fourth-order valence-corrected chi connectivity index (χ4v) is 5.52. The van der Waals surface area contributed by atoms with E-state index in [0.717, 1.165) is 66.9 Å². The highest BCUT2D eigenvalue weighted by Crippen LogP contribution is 2.40. The molecule has 0 radical (unpaired) electrons. The third kappa shape index (κ3) is 3.18. The van der Waals surface area contributed by atoms with Crippen molar-refractivity contribution in [1.82, 2.24) is 4.90 Å². The van der Waals surface area contributed by atoms with Crippen LogP contribution in [0.4, 0.5) is 5.69 Å². The molecule has 5 rings (SSSR count). The SMILES string of the molecule is O=C(Nc1cccc2c1CCC2)c1ccc([C@H]2CCCN2C(=O)C2CC2)s1. The summed E-state index contributed by atoms with van der Waals surface area (Å²) in [5.41, 5.74) is 3.61. The number of carbonyl (C=O) groups is 2. The van der Waals surface area contributed by atoms with Gasteiger partial charge in [-0.05, 0) is 74.3 Å². The number of fused-ring (bicyclic) bond motifs is 1. The largest absolute Gasteiger partial charge is 0.335 e. The first-order valence-corrected chi connectivity index (χ1v) is 10.8. The van der Waals surface area contributed by atoms with Gasteiger partial charge in [-0.15, -0.1) is 11.3 Å². The Labute approximate surface area is 163 Å². The maximum atomic E-state index is 12.8. The molecule has 2 heterocycles. The van der Waals surface area contributed by atoms with E-state index in [1.54, 1.807) is 0 Å². The molecule has 2 aliphatic carbocycles. The first-order chi connectivity index (χ1) is 13.2. The lowest BCUT2D eigenvalue weighted by atomic mass is 10.1. The Hall–Kier alpha value is -2.14. The van der Waals surface area contributed by atoms with Gasteiger partial charge in [-0.3, -0.25) is 9.59 Å². The second-order valence-corrected chi connectivity index (χ2v) is 9.03. The molecule has 0 unspecified atom stereocenters. The van der Waals surface area contributed by atoms with Gasteiger partial charge in [0.1, 0.15) is 0 Å². The normalized spacial score (nSPS) is 21.3. The van der Waals surface area contributed by atoms with Gasteiger partial charge in [0.15, 0.2) is 0 Å². The van der Waals surface area contributed by atoms with Crippen LogP contribution in [-0.2, 0) is 17.6 Å². The van der Waals surface area contributed by atoms with Crippen LogP contribution in [0.5, 0.6) is 0 Å². The minimum absolute atomic E-state index is 0.0374. The average molecular weight is 381 g/mol. The Bertz CT molecular complexity index is 899. The topological polar surface area (TPSA) is 49.4 Å². The highest BCUT2D eigenvalue weighted by Gasteiger charge is 2.39. The van der Waals surface area contributed by atoms with E-state index >= 15 is 0 Å². The predicted octanol–water partition coefficient (Wildman–Crippen LogP) is 4.56. The fourth-order valence-electron chi connectivity index (χ4n) is 4.47. The van der Waals surface area contributed by atoms with Crippen LogP contribution in [0.3, 0.4) is 0 Å². The molecule has 1 atom stereocenters. The standard InChI is InChI=1S/C22H24N2O2S/c25-21(23-17-7-2-5-14-4-1-6-16(14)17)20-12-11-19(27-20)18-8-3-13-24(18)22(26)15-9-10-15/h2,5,7,11-12,15,18H,1,3-4,6,8-10,13H2,(H,23,25)/t18-/m1/s1. The van der Waals surface area contributed by atoms with E-state index in [1.807, 2.05) is 24.3 Å². The monoisotopic (exact) mass is 380 g/mol. The summed E-state index contributed by atoms with van der Waals surface area (Å²) in [6.45, 7) is 0.857. The van der Waals surface area contributed by atoms with Gasteiger partial charge in [-0.1, -0.05) is 12.1 Å². The number of hydrogen-bond donors (Lipinski definition) is 1. The van der Waals surface area contributed by atoms with Gasteiger partial charge in [0.25, 0.3) is 5.91 Å². The highest BCUT2D eigenvalue weighted by molar-refractivity contribution is 7.14. The molecule has 0 spiro atoms. The second kappa shape index (κ2) is 6.79. The molecule has 27 heavy (non-hydrogen) atoms. The minimum Gasteiger partial charge on any atom is -0.335 e. The van der Waals surface area contributed by atoms with E-state index in [2.05, 4.69) is 16.3 Å². The quantitative estimate of drug-likeness (QED) is 0.845. The van der Waals surface area contributed by atoms with Gasteiger partial charge in [-0.2, -0.15) is 0 Å². The van der Waals surface area contributed by atoms with Gasteiger partial charge in [-0.25, -0.2) is 0 Å². The number of rotatable bonds is 4. The molecule has 3 aliphatic rings. The smallest absolute Gasteiger partial charge is 0.265 e. The van der Waals surface area contributed by atoms with E-state index in [-0.39, 0.29) is 17.9 Å². The van der Waals surface area contributed by atoms with Crippen LogP contribution in [-0.4, -0.2) is 23.3 Å². The summed E-state index contributed by atoms with van der Waals surface area (Å²) in [7, 11) is 0. The Balaban J connectivity index is 1.32. The van der Waals surface area contributed by atoms with Crippen LogP contribution in [0.15, 0.2) is 30.3 Å². The van der Waals surface area contributed by atoms with Gasteiger partial charge in [0.2, 0.25) is 5.91 Å². The molecule has 1 saturated heterocycles. The van der Waals surface area contributed by atoms with Crippen molar-refractivity contribution >= 4 is 28.8 Å². The molecular weight excluding hydrogens is 356 g/mol. The van der Waals surface area contributed by atoms with Crippen molar-refractivity contribution in [1.29, 1.82) is 0 Å².